The molecule has 2 aromatic rings. The average Bonchev–Trinajstić information content (AvgIpc) is 2.45. The number of hydrogen-bond acceptors (Lipinski definition) is 4. The minimum absolute atomic E-state index is 0.0184. The fraction of sp³-hybridized carbons (Fsp3) is 0.235. The summed E-state index contributed by atoms with van der Waals surface area (Å²) in [6.07, 6.45) is 1.59. The van der Waals surface area contributed by atoms with E-state index in [1.54, 1.807) is 30.5 Å². The summed E-state index contributed by atoms with van der Waals surface area (Å²) >= 11 is 5.98. The smallest absolute Gasteiger partial charge is 0.292 e. The number of pyridine rings is 1. The van der Waals surface area contributed by atoms with Crippen LogP contribution in [0.1, 0.15) is 25.0 Å². The highest BCUT2D eigenvalue weighted by atomic mass is 35.5. The van der Waals surface area contributed by atoms with E-state index >= 15 is 0 Å². The van der Waals surface area contributed by atoms with Crippen LogP contribution in [0.2, 0.25) is 5.15 Å². The van der Waals surface area contributed by atoms with Crippen LogP contribution in [0, 0.1) is 28.9 Å². The minimum atomic E-state index is -0.683. The highest BCUT2D eigenvalue weighted by molar-refractivity contribution is 6.30. The Hall–Kier alpha value is -2.58. The summed E-state index contributed by atoms with van der Waals surface area (Å²) < 4.78 is 0. The molecule has 0 aliphatic rings. The van der Waals surface area contributed by atoms with Gasteiger partial charge in [-0.15, -0.1) is 0 Å². The maximum atomic E-state index is 11.1. The van der Waals surface area contributed by atoms with Gasteiger partial charge in [0.25, 0.3) is 5.69 Å². The van der Waals surface area contributed by atoms with Gasteiger partial charge in [0, 0.05) is 12.3 Å². The molecule has 0 aliphatic carbocycles. The van der Waals surface area contributed by atoms with E-state index in [2.05, 4.69) is 22.1 Å². The second-order valence-corrected chi connectivity index (χ2v) is 5.98. The van der Waals surface area contributed by atoms with Gasteiger partial charge in [-0.05, 0) is 44.5 Å². The molecule has 1 heterocycles. The van der Waals surface area contributed by atoms with Gasteiger partial charge in [0.15, 0.2) is 0 Å². The molecule has 0 atom stereocenters. The van der Waals surface area contributed by atoms with Crippen molar-refractivity contribution in [2.24, 2.45) is 0 Å². The molecule has 118 valence electrons. The van der Waals surface area contributed by atoms with Crippen LogP contribution in [0.25, 0.3) is 0 Å². The van der Waals surface area contributed by atoms with Crippen LogP contribution in [0.3, 0.4) is 0 Å². The largest absolute Gasteiger partial charge is 0.364 e. The second kappa shape index (κ2) is 6.67. The quantitative estimate of drug-likeness (QED) is 0.397. The van der Waals surface area contributed by atoms with Crippen molar-refractivity contribution in [1.82, 2.24) is 4.98 Å². The van der Waals surface area contributed by atoms with Crippen LogP contribution in [0.15, 0.2) is 36.5 Å². The third-order valence-corrected chi connectivity index (χ3v) is 3.37. The maximum Gasteiger partial charge on any atom is 0.292 e. The first-order valence-corrected chi connectivity index (χ1v) is 7.33. The Kier molecular flexibility index (Phi) is 4.87. The molecule has 1 N–H and O–H groups in total. The van der Waals surface area contributed by atoms with Crippen LogP contribution < -0.4 is 5.32 Å². The number of anilines is 1. The normalized spacial score (nSPS) is 10.6. The molecule has 0 fully saturated rings. The number of nitrogens with zero attached hydrogens (tertiary/aromatic N) is 2. The molecule has 23 heavy (non-hydrogen) atoms. The number of benzene rings is 1. The molecule has 1 aromatic carbocycles. The van der Waals surface area contributed by atoms with Crippen molar-refractivity contribution in [2.45, 2.75) is 26.3 Å². The standard InChI is InChI=1S/C17H16ClN3O2/c1-12-6-7-15(21(22)23)14(11-12)20-17(2,3)9-8-13-5-4-10-19-16(13)18/h4-7,10-11,20H,1-3H3. The lowest BCUT2D eigenvalue weighted by Gasteiger charge is -2.21. The SMILES string of the molecule is Cc1ccc([N+](=O)[O-])c(NC(C)(C)C#Cc2cccnc2Cl)c1. The molecule has 0 spiro atoms. The zero-order chi connectivity index (χ0) is 17.0. The number of nitro benzene ring substituents is 1. The van der Waals surface area contributed by atoms with E-state index in [-0.39, 0.29) is 5.69 Å². The van der Waals surface area contributed by atoms with Crippen molar-refractivity contribution in [3.8, 4) is 11.8 Å². The van der Waals surface area contributed by atoms with Crippen LogP contribution in [-0.2, 0) is 0 Å². The van der Waals surface area contributed by atoms with Gasteiger partial charge in [0.1, 0.15) is 10.8 Å². The fourth-order valence-corrected chi connectivity index (χ4v) is 2.15. The third-order valence-electron chi connectivity index (χ3n) is 3.06. The molecule has 2 rings (SSSR count). The van der Waals surface area contributed by atoms with Crippen molar-refractivity contribution in [1.29, 1.82) is 0 Å². The number of aromatic nitrogens is 1. The van der Waals surface area contributed by atoms with E-state index in [0.29, 0.717) is 16.4 Å². The second-order valence-electron chi connectivity index (χ2n) is 5.62. The summed E-state index contributed by atoms with van der Waals surface area (Å²) in [4.78, 5) is 14.7. The highest BCUT2D eigenvalue weighted by Gasteiger charge is 2.20. The molecule has 0 aliphatic heterocycles. The van der Waals surface area contributed by atoms with Gasteiger partial charge in [-0.3, -0.25) is 10.1 Å². The monoisotopic (exact) mass is 329 g/mol. The molecule has 0 radical (unpaired) electrons. The lowest BCUT2D eigenvalue weighted by atomic mass is 10.0. The zero-order valence-corrected chi connectivity index (χ0v) is 13.8. The number of halogens is 1. The number of rotatable bonds is 3. The lowest BCUT2D eigenvalue weighted by molar-refractivity contribution is -0.384. The van der Waals surface area contributed by atoms with E-state index in [9.17, 15) is 10.1 Å². The summed E-state index contributed by atoms with van der Waals surface area (Å²) in [6, 6.07) is 8.45. The minimum Gasteiger partial charge on any atom is -0.364 e. The first-order valence-electron chi connectivity index (χ1n) is 6.95. The van der Waals surface area contributed by atoms with Gasteiger partial charge in [-0.25, -0.2) is 4.98 Å². The van der Waals surface area contributed by atoms with Crippen LogP contribution in [-0.4, -0.2) is 15.4 Å². The van der Waals surface area contributed by atoms with Gasteiger partial charge in [0.05, 0.1) is 16.0 Å². The molecule has 0 bridgehead atoms. The molecule has 5 nitrogen and oxygen atoms in total. The first-order chi connectivity index (χ1) is 10.8. The number of nitrogens with one attached hydrogen (secondary N) is 1. The molecule has 1 aromatic heterocycles. The fourth-order valence-electron chi connectivity index (χ4n) is 1.98. The topological polar surface area (TPSA) is 68.1 Å². The van der Waals surface area contributed by atoms with Crippen molar-refractivity contribution < 1.29 is 4.92 Å². The van der Waals surface area contributed by atoms with Gasteiger partial charge in [0.2, 0.25) is 0 Å². The first kappa shape index (κ1) is 16.8. The Labute approximate surface area is 139 Å². The van der Waals surface area contributed by atoms with E-state index in [0.717, 1.165) is 5.56 Å². The van der Waals surface area contributed by atoms with Gasteiger partial charge in [-0.1, -0.05) is 29.5 Å². The van der Waals surface area contributed by atoms with Crippen LogP contribution >= 0.6 is 11.6 Å². The summed E-state index contributed by atoms with van der Waals surface area (Å²) in [5.74, 6) is 6.00. The molecule has 0 saturated carbocycles. The molecular weight excluding hydrogens is 314 g/mol. The summed E-state index contributed by atoms with van der Waals surface area (Å²) in [5.41, 5.74) is 1.31. The lowest BCUT2D eigenvalue weighted by Crippen LogP contribution is -2.29. The Morgan fingerprint density at radius 2 is 2.09 bits per heavy atom. The van der Waals surface area contributed by atoms with E-state index < -0.39 is 10.5 Å². The van der Waals surface area contributed by atoms with Crippen molar-refractivity contribution in [3.05, 3.63) is 62.9 Å². The zero-order valence-electron chi connectivity index (χ0n) is 13.1. The molecular formula is C17H16ClN3O2. The molecule has 6 heteroatoms. The number of aryl methyl sites for hydroxylation is 1. The Bertz CT molecular complexity index is 807. The average molecular weight is 330 g/mol. The van der Waals surface area contributed by atoms with Gasteiger partial charge in [-0.2, -0.15) is 0 Å². The predicted molar refractivity (Wildman–Crippen MR) is 91.7 cm³/mol. The van der Waals surface area contributed by atoms with Crippen LogP contribution in [0.5, 0.6) is 0 Å². The maximum absolute atomic E-state index is 11.1. The van der Waals surface area contributed by atoms with Crippen molar-refractivity contribution in [2.75, 3.05) is 5.32 Å². The van der Waals surface area contributed by atoms with E-state index in [1.165, 1.54) is 6.07 Å². The van der Waals surface area contributed by atoms with Crippen molar-refractivity contribution in [3.63, 3.8) is 0 Å². The van der Waals surface area contributed by atoms with Crippen LogP contribution in [0.4, 0.5) is 11.4 Å². The van der Waals surface area contributed by atoms with E-state index in [1.807, 2.05) is 20.8 Å². The Balaban J connectivity index is 2.31. The van der Waals surface area contributed by atoms with Gasteiger partial charge >= 0.3 is 0 Å². The number of nitro groups is 1. The highest BCUT2D eigenvalue weighted by Crippen LogP contribution is 2.28. The summed E-state index contributed by atoms with van der Waals surface area (Å²) in [7, 11) is 0. The van der Waals surface area contributed by atoms with Crippen molar-refractivity contribution >= 4 is 23.0 Å². The van der Waals surface area contributed by atoms with E-state index in [4.69, 9.17) is 11.6 Å². The third kappa shape index (κ3) is 4.44. The molecule has 0 amide bonds. The summed E-state index contributed by atoms with van der Waals surface area (Å²) in [5, 5.41) is 14.6. The summed E-state index contributed by atoms with van der Waals surface area (Å²) in [6.45, 7) is 5.57. The van der Waals surface area contributed by atoms with Gasteiger partial charge < -0.3 is 5.32 Å². The Morgan fingerprint density at radius 1 is 1.35 bits per heavy atom. The number of hydrogen-bond donors (Lipinski definition) is 1. The predicted octanol–water partition coefficient (Wildman–Crippen LogP) is 4.19. The Morgan fingerprint density at radius 3 is 2.74 bits per heavy atom. The molecule has 0 saturated heterocycles. The molecule has 0 unspecified atom stereocenters.